The predicted molar refractivity (Wildman–Crippen MR) is 296 cm³/mol. The van der Waals surface area contributed by atoms with Gasteiger partial charge in [0.15, 0.2) is 11.6 Å². The number of carboxylic acids is 2. The average Bonchev–Trinajstić information content (AvgIpc) is 3.44. The largest absolute Gasteiger partial charge is 0.477 e. The molecule has 6 heterocycles. The lowest BCUT2D eigenvalue weighted by Crippen LogP contribution is -2.47. The zero-order valence-electron chi connectivity index (χ0n) is 42.6. The molecule has 0 saturated carbocycles. The lowest BCUT2D eigenvalue weighted by atomic mass is 10.1. The number of nitrogens with zero attached hydrogens (tertiary/aromatic N) is 9. The molecule has 8 aromatic rings. The van der Waals surface area contributed by atoms with E-state index in [1.807, 2.05) is 116 Å². The molecule has 0 aliphatic carbocycles. The molecule has 4 aromatic carbocycles. The highest BCUT2D eigenvalue weighted by Crippen LogP contribution is 2.38. The predicted octanol–water partition coefficient (Wildman–Crippen LogP) is 8.44. The quantitative estimate of drug-likeness (QED) is 0.105. The van der Waals surface area contributed by atoms with Gasteiger partial charge in [0.1, 0.15) is 33.6 Å². The van der Waals surface area contributed by atoms with Crippen molar-refractivity contribution in [1.29, 1.82) is 0 Å². The maximum Gasteiger partial charge on any atom is 0.341 e. The number of rotatable bonds is 11. The van der Waals surface area contributed by atoms with Gasteiger partial charge in [0.05, 0.1) is 32.5 Å². The van der Waals surface area contributed by atoms with Crippen molar-refractivity contribution in [1.82, 2.24) is 34.2 Å². The summed E-state index contributed by atoms with van der Waals surface area (Å²) in [6.07, 6.45) is 5.91. The molecule has 2 aliphatic rings. The Morgan fingerprint density at radius 3 is 1.42 bits per heavy atom. The number of fused-ring (bicyclic) bond motifs is 2. The molecule has 2 fully saturated rings. The number of aromatic carboxylic acids is 2. The first-order valence-electron chi connectivity index (χ1n) is 24.4. The number of hydrogen-bond acceptors (Lipinski definition) is 12. The summed E-state index contributed by atoms with van der Waals surface area (Å²) >= 11 is 12.8. The van der Waals surface area contributed by atoms with Gasteiger partial charge in [-0.25, -0.2) is 32.7 Å². The van der Waals surface area contributed by atoms with Crippen LogP contribution in [-0.2, 0) is 13.1 Å². The molecule has 3 N–H and O–H groups in total. The first kappa shape index (κ1) is 55.4. The van der Waals surface area contributed by atoms with Crippen LogP contribution in [0.3, 0.4) is 0 Å². The van der Waals surface area contributed by atoms with E-state index in [-0.39, 0.29) is 32.5 Å². The van der Waals surface area contributed by atoms with Gasteiger partial charge in [-0.05, 0) is 100.0 Å². The van der Waals surface area contributed by atoms with E-state index in [9.17, 15) is 38.2 Å². The van der Waals surface area contributed by atoms with Crippen molar-refractivity contribution in [2.75, 3.05) is 95.2 Å². The highest BCUT2D eigenvalue weighted by Gasteiger charge is 2.28. The zero-order chi connectivity index (χ0) is 55.1. The second-order valence-corrected chi connectivity index (χ2v) is 19.5. The van der Waals surface area contributed by atoms with Crippen molar-refractivity contribution in [3.05, 3.63) is 192 Å². The number of nitrogens with one attached hydrogen (secondary N) is 1. The number of carboxylic acid groups (broad SMARTS) is 2. The Kier molecular flexibility index (Phi) is 17.6. The third-order valence-electron chi connectivity index (χ3n) is 12.8. The van der Waals surface area contributed by atoms with Crippen molar-refractivity contribution < 1.29 is 33.0 Å². The summed E-state index contributed by atoms with van der Waals surface area (Å²) in [4.78, 5) is 67.8. The third-order valence-corrected chi connectivity index (χ3v) is 13.5. The number of halogens is 5. The van der Waals surface area contributed by atoms with Gasteiger partial charge in [0.25, 0.3) is 0 Å². The van der Waals surface area contributed by atoms with Gasteiger partial charge in [-0.15, -0.1) is 0 Å². The van der Waals surface area contributed by atoms with Gasteiger partial charge in [0.2, 0.25) is 10.9 Å². The molecule has 0 atom stereocenters. The molecule has 2 aliphatic heterocycles. The first-order valence-corrected chi connectivity index (χ1v) is 25.2. The van der Waals surface area contributed by atoms with E-state index in [0.29, 0.717) is 50.2 Å². The summed E-state index contributed by atoms with van der Waals surface area (Å²) in [7, 11) is 7.77. The Balaban J connectivity index is 0.000000173. The SMILES string of the molecule is CN(C)Cc1ccc(-n2cc(C(=O)O)c(=O)c3cc(F)c(F)c(Cl)c32)cc1.CN(C)Cc1ccc(-n2cc(C(=O)O)c(=O)c3cc(F)c(N4CCN(c5ccccn5)CC4)c(Cl)c32)cc1.c1ccc(N2CCNCC2)nc1. The minimum absolute atomic E-state index is 0.0673. The van der Waals surface area contributed by atoms with E-state index in [1.165, 1.54) is 10.8 Å². The number of piperazine rings is 2. The number of pyridine rings is 4. The maximum atomic E-state index is 15.6. The van der Waals surface area contributed by atoms with Crippen LogP contribution in [-0.4, -0.2) is 132 Å². The number of anilines is 3. The van der Waals surface area contributed by atoms with Gasteiger partial charge < -0.3 is 49.2 Å². The topological polar surface area (TPSA) is 173 Å². The fourth-order valence-electron chi connectivity index (χ4n) is 9.19. The molecule has 0 unspecified atom stereocenters. The Morgan fingerprint density at radius 2 is 1.00 bits per heavy atom. The smallest absolute Gasteiger partial charge is 0.341 e. The molecule has 0 spiro atoms. The maximum absolute atomic E-state index is 15.6. The van der Waals surface area contributed by atoms with E-state index in [0.717, 1.165) is 67.7 Å². The van der Waals surface area contributed by atoms with E-state index >= 15 is 4.39 Å². The van der Waals surface area contributed by atoms with Crippen molar-refractivity contribution in [2.24, 2.45) is 0 Å². The van der Waals surface area contributed by atoms with Gasteiger partial charge in [-0.3, -0.25) is 9.59 Å². The fraction of sp³-hybridized carbons (Fsp3) is 0.250. The van der Waals surface area contributed by atoms with Crippen LogP contribution in [0, 0.1) is 17.5 Å². The van der Waals surface area contributed by atoms with Crippen LogP contribution >= 0.6 is 23.2 Å². The normalized spacial score (nSPS) is 13.6. The Hall–Kier alpha value is -7.81. The van der Waals surface area contributed by atoms with Crippen LogP contribution in [0.15, 0.2) is 131 Å². The lowest BCUT2D eigenvalue weighted by molar-refractivity contribution is 0.0684. The van der Waals surface area contributed by atoms with Gasteiger partial charge >= 0.3 is 11.9 Å². The molecule has 0 bridgehead atoms. The van der Waals surface area contributed by atoms with Crippen molar-refractivity contribution >= 4 is 74.3 Å². The van der Waals surface area contributed by atoms with Crippen LogP contribution < -0.4 is 30.9 Å². The molecule has 21 heteroatoms. The number of hydrogen-bond donors (Lipinski definition) is 3. The Labute approximate surface area is 451 Å². The summed E-state index contributed by atoms with van der Waals surface area (Å²) in [6, 6.07) is 28.0. The zero-order valence-corrected chi connectivity index (χ0v) is 44.1. The van der Waals surface area contributed by atoms with E-state index < -0.39 is 56.4 Å². The number of carbonyl (C=O) groups is 2. The van der Waals surface area contributed by atoms with Gasteiger partial charge in [0, 0.05) is 102 Å². The van der Waals surface area contributed by atoms with E-state index in [1.54, 1.807) is 22.9 Å². The molecule has 16 nitrogen and oxygen atoms in total. The fourth-order valence-corrected chi connectivity index (χ4v) is 9.87. The molecule has 0 radical (unpaired) electrons. The molecule has 2 saturated heterocycles. The number of aromatic nitrogens is 4. The van der Waals surface area contributed by atoms with Crippen LogP contribution in [0.25, 0.3) is 33.2 Å². The highest BCUT2D eigenvalue weighted by molar-refractivity contribution is 6.38. The summed E-state index contributed by atoms with van der Waals surface area (Å²) in [5.74, 6) is -4.20. The minimum Gasteiger partial charge on any atom is -0.477 e. The average molecular weight is 1090 g/mol. The molecule has 0 amide bonds. The van der Waals surface area contributed by atoms with Crippen LogP contribution in [0.2, 0.25) is 10.0 Å². The summed E-state index contributed by atoms with van der Waals surface area (Å²) in [5.41, 5.74) is 0.763. The first-order chi connectivity index (χ1) is 36.9. The van der Waals surface area contributed by atoms with Crippen molar-refractivity contribution in [2.45, 2.75) is 13.1 Å². The lowest BCUT2D eigenvalue weighted by Gasteiger charge is -2.37. The Morgan fingerprint density at radius 1 is 0.584 bits per heavy atom. The van der Waals surface area contributed by atoms with Crippen LogP contribution in [0.4, 0.5) is 30.5 Å². The summed E-state index contributed by atoms with van der Waals surface area (Å²) in [6.45, 7) is 7.90. The monoisotopic (exact) mass is 1090 g/mol. The Bertz CT molecular complexity index is 3540. The minimum atomic E-state index is -1.47. The number of benzene rings is 4. The highest BCUT2D eigenvalue weighted by atomic mass is 35.5. The van der Waals surface area contributed by atoms with Gasteiger partial charge in [-0.1, -0.05) is 59.6 Å². The molecule has 400 valence electrons. The molecular weight excluding hydrogens is 1040 g/mol. The molecule has 4 aromatic heterocycles. The van der Waals surface area contributed by atoms with Crippen molar-refractivity contribution in [3.8, 4) is 11.4 Å². The van der Waals surface area contributed by atoms with E-state index in [2.05, 4.69) is 31.2 Å². The second-order valence-electron chi connectivity index (χ2n) is 18.8. The molecular formula is C56H55Cl2F3N10O6. The standard InChI is InChI=1S/C28H27ClFN5O3.C19H15ClF2N2O3.C9H13N3/c1-32(2)16-18-6-8-19(9-7-18)35-17-21(28(37)38)27(36)20-15-22(30)26(24(29)25(20)35)34-13-11-33(12-14-34)23-5-3-4-10-31-23;1-23(2)8-10-3-5-11(6-4-10)24-9-13(19(26)27)18(25)12-7-14(21)16(22)15(20)17(12)24;1-2-4-11-9(3-1)12-7-5-10-6-8-12/h3-10,15,17H,11-14,16H2,1-2H3,(H,37,38);3-7,9H,8H2,1-2H3,(H,26,27);1-4,10H,5-8H2. The van der Waals surface area contributed by atoms with Crippen molar-refractivity contribution in [3.63, 3.8) is 0 Å². The summed E-state index contributed by atoms with van der Waals surface area (Å²) < 4.78 is 46.2. The van der Waals surface area contributed by atoms with Gasteiger partial charge in [-0.2, -0.15) is 0 Å². The van der Waals surface area contributed by atoms with Crippen LogP contribution in [0.1, 0.15) is 31.8 Å². The third kappa shape index (κ3) is 12.6. The summed E-state index contributed by atoms with van der Waals surface area (Å²) in [5, 5.41) is 21.4. The van der Waals surface area contributed by atoms with Crippen LogP contribution in [0.5, 0.6) is 0 Å². The molecule has 10 rings (SSSR count). The second kappa shape index (κ2) is 24.5. The molecule has 77 heavy (non-hydrogen) atoms. The van der Waals surface area contributed by atoms with E-state index in [4.69, 9.17) is 23.2 Å².